The lowest BCUT2D eigenvalue weighted by Gasteiger charge is -2.11. The van der Waals surface area contributed by atoms with E-state index in [0.29, 0.717) is 0 Å². The zero-order chi connectivity index (χ0) is 12.5. The SMILES string of the molecule is CCCCCCOc1cc(OC)ccc1CBr. The van der Waals surface area contributed by atoms with Crippen LogP contribution in [0, 0.1) is 0 Å². The molecule has 0 N–H and O–H groups in total. The van der Waals surface area contributed by atoms with E-state index in [4.69, 9.17) is 9.47 Å². The van der Waals surface area contributed by atoms with Crippen molar-refractivity contribution in [1.29, 1.82) is 0 Å². The van der Waals surface area contributed by atoms with Crippen LogP contribution in [0.25, 0.3) is 0 Å². The van der Waals surface area contributed by atoms with Crippen molar-refractivity contribution >= 4 is 15.9 Å². The van der Waals surface area contributed by atoms with Crippen LogP contribution in [0.4, 0.5) is 0 Å². The van der Waals surface area contributed by atoms with Gasteiger partial charge in [-0.25, -0.2) is 0 Å². The minimum Gasteiger partial charge on any atom is -0.497 e. The summed E-state index contributed by atoms with van der Waals surface area (Å²) in [7, 11) is 1.67. The van der Waals surface area contributed by atoms with Crippen molar-refractivity contribution in [2.75, 3.05) is 13.7 Å². The zero-order valence-electron chi connectivity index (χ0n) is 10.7. The minimum atomic E-state index is 0.785. The van der Waals surface area contributed by atoms with Crippen LogP contribution in [-0.4, -0.2) is 13.7 Å². The standard InChI is InChI=1S/C14H21BrO2/c1-3-4-5-6-9-17-14-10-13(16-2)8-7-12(14)11-15/h7-8,10H,3-6,9,11H2,1-2H3. The average Bonchev–Trinajstić information content (AvgIpc) is 2.38. The van der Waals surface area contributed by atoms with Crippen LogP contribution in [0.2, 0.25) is 0 Å². The van der Waals surface area contributed by atoms with E-state index < -0.39 is 0 Å². The molecule has 0 atom stereocenters. The number of benzene rings is 1. The van der Waals surface area contributed by atoms with Crippen molar-refractivity contribution in [3.8, 4) is 11.5 Å². The molecule has 0 radical (unpaired) electrons. The molecule has 1 rings (SSSR count). The molecule has 3 heteroatoms. The molecule has 0 aliphatic carbocycles. The van der Waals surface area contributed by atoms with Gasteiger partial charge in [-0.3, -0.25) is 0 Å². The number of hydrogen-bond acceptors (Lipinski definition) is 2. The lowest BCUT2D eigenvalue weighted by atomic mass is 10.2. The predicted octanol–water partition coefficient (Wildman–Crippen LogP) is 4.55. The van der Waals surface area contributed by atoms with Gasteiger partial charge in [-0.15, -0.1) is 0 Å². The Morgan fingerprint density at radius 1 is 1.18 bits per heavy atom. The molecule has 1 aromatic rings. The third-order valence-corrected chi connectivity index (χ3v) is 3.28. The molecule has 0 spiro atoms. The maximum Gasteiger partial charge on any atom is 0.127 e. The Morgan fingerprint density at radius 3 is 2.65 bits per heavy atom. The van der Waals surface area contributed by atoms with Gasteiger partial charge in [0.1, 0.15) is 11.5 Å². The maximum absolute atomic E-state index is 5.81. The van der Waals surface area contributed by atoms with Crippen molar-refractivity contribution in [2.45, 2.75) is 37.9 Å². The van der Waals surface area contributed by atoms with E-state index in [0.717, 1.165) is 29.9 Å². The molecule has 1 aromatic carbocycles. The molecule has 0 bridgehead atoms. The highest BCUT2D eigenvalue weighted by molar-refractivity contribution is 9.08. The van der Waals surface area contributed by atoms with E-state index in [2.05, 4.69) is 22.9 Å². The highest BCUT2D eigenvalue weighted by Gasteiger charge is 2.04. The molecule has 2 nitrogen and oxygen atoms in total. The monoisotopic (exact) mass is 300 g/mol. The Morgan fingerprint density at radius 2 is 2.00 bits per heavy atom. The first-order valence-electron chi connectivity index (χ1n) is 6.17. The molecule has 0 aliphatic rings. The van der Waals surface area contributed by atoms with Crippen LogP contribution < -0.4 is 9.47 Å². The van der Waals surface area contributed by atoms with Crippen molar-refractivity contribution in [3.05, 3.63) is 23.8 Å². The number of hydrogen-bond donors (Lipinski definition) is 0. The summed E-state index contributed by atoms with van der Waals surface area (Å²) in [5.41, 5.74) is 1.17. The molecule has 96 valence electrons. The summed E-state index contributed by atoms with van der Waals surface area (Å²) in [4.78, 5) is 0. The molecule has 0 amide bonds. The summed E-state index contributed by atoms with van der Waals surface area (Å²) < 4.78 is 11.0. The molecule has 17 heavy (non-hydrogen) atoms. The van der Waals surface area contributed by atoms with Crippen LogP contribution in [0.15, 0.2) is 18.2 Å². The second-order valence-electron chi connectivity index (χ2n) is 4.02. The lowest BCUT2D eigenvalue weighted by Crippen LogP contribution is -2.00. The second kappa shape index (κ2) is 8.40. The fraction of sp³-hybridized carbons (Fsp3) is 0.571. The summed E-state index contributed by atoms with van der Waals surface area (Å²) in [6, 6.07) is 5.95. The third-order valence-electron chi connectivity index (χ3n) is 2.67. The molecule has 0 fully saturated rings. The second-order valence-corrected chi connectivity index (χ2v) is 4.58. The number of rotatable bonds is 8. The zero-order valence-corrected chi connectivity index (χ0v) is 12.3. The van der Waals surface area contributed by atoms with Gasteiger partial charge in [0.2, 0.25) is 0 Å². The van der Waals surface area contributed by atoms with Gasteiger partial charge in [-0.05, 0) is 12.5 Å². The first-order valence-corrected chi connectivity index (χ1v) is 7.29. The van der Waals surface area contributed by atoms with E-state index in [1.165, 1.54) is 24.8 Å². The van der Waals surface area contributed by atoms with Crippen molar-refractivity contribution < 1.29 is 9.47 Å². The number of unbranched alkanes of at least 4 members (excludes halogenated alkanes) is 3. The lowest BCUT2D eigenvalue weighted by molar-refractivity contribution is 0.300. The van der Waals surface area contributed by atoms with Crippen LogP contribution in [0.3, 0.4) is 0 Å². The number of methoxy groups -OCH3 is 1. The molecule has 0 aromatic heterocycles. The Balaban J connectivity index is 2.49. The van der Waals surface area contributed by atoms with E-state index in [-0.39, 0.29) is 0 Å². The summed E-state index contributed by atoms with van der Waals surface area (Å²) >= 11 is 3.47. The maximum atomic E-state index is 5.81. The predicted molar refractivity (Wildman–Crippen MR) is 75.3 cm³/mol. The Hall–Kier alpha value is -0.700. The van der Waals surface area contributed by atoms with Gasteiger partial charge in [0.05, 0.1) is 13.7 Å². The van der Waals surface area contributed by atoms with Gasteiger partial charge < -0.3 is 9.47 Å². The summed E-state index contributed by atoms with van der Waals surface area (Å²) in [6.07, 6.45) is 4.90. The molecule has 0 unspecified atom stereocenters. The van der Waals surface area contributed by atoms with E-state index >= 15 is 0 Å². The summed E-state index contributed by atoms with van der Waals surface area (Å²) in [5.74, 6) is 1.77. The molecule has 0 heterocycles. The summed E-state index contributed by atoms with van der Waals surface area (Å²) in [6.45, 7) is 3.00. The highest BCUT2D eigenvalue weighted by atomic mass is 79.9. The largest absolute Gasteiger partial charge is 0.497 e. The van der Waals surface area contributed by atoms with E-state index in [1.54, 1.807) is 7.11 Å². The van der Waals surface area contributed by atoms with Crippen molar-refractivity contribution in [3.63, 3.8) is 0 Å². The Labute approximate surface area is 112 Å². The number of halogens is 1. The van der Waals surface area contributed by atoms with Crippen LogP contribution in [-0.2, 0) is 5.33 Å². The molecular formula is C14H21BrO2. The normalized spacial score (nSPS) is 10.3. The van der Waals surface area contributed by atoms with Gasteiger partial charge in [0, 0.05) is 17.0 Å². The molecular weight excluding hydrogens is 280 g/mol. The van der Waals surface area contributed by atoms with Crippen molar-refractivity contribution in [2.24, 2.45) is 0 Å². The summed E-state index contributed by atoms with van der Waals surface area (Å²) in [5, 5.41) is 0.807. The molecule has 0 saturated heterocycles. The van der Waals surface area contributed by atoms with Gasteiger partial charge in [-0.1, -0.05) is 48.2 Å². The number of ether oxygens (including phenoxy) is 2. The smallest absolute Gasteiger partial charge is 0.127 e. The number of alkyl halides is 1. The van der Waals surface area contributed by atoms with Gasteiger partial charge >= 0.3 is 0 Å². The first-order chi connectivity index (χ1) is 8.31. The van der Waals surface area contributed by atoms with E-state index in [1.807, 2.05) is 18.2 Å². The fourth-order valence-corrected chi connectivity index (χ4v) is 2.08. The minimum absolute atomic E-state index is 0.785. The van der Waals surface area contributed by atoms with E-state index in [9.17, 15) is 0 Å². The van der Waals surface area contributed by atoms with Crippen LogP contribution in [0.5, 0.6) is 11.5 Å². The van der Waals surface area contributed by atoms with Crippen LogP contribution >= 0.6 is 15.9 Å². The third kappa shape index (κ3) is 4.99. The van der Waals surface area contributed by atoms with Gasteiger partial charge in [0.15, 0.2) is 0 Å². The van der Waals surface area contributed by atoms with Gasteiger partial charge in [-0.2, -0.15) is 0 Å². The fourth-order valence-electron chi connectivity index (χ4n) is 1.62. The Bertz CT molecular complexity index is 326. The van der Waals surface area contributed by atoms with Crippen molar-refractivity contribution in [1.82, 2.24) is 0 Å². The molecule has 0 saturated carbocycles. The first kappa shape index (κ1) is 14.4. The highest BCUT2D eigenvalue weighted by Crippen LogP contribution is 2.26. The topological polar surface area (TPSA) is 18.5 Å². The Kier molecular flexibility index (Phi) is 7.10. The van der Waals surface area contributed by atoms with Crippen LogP contribution in [0.1, 0.15) is 38.2 Å². The molecule has 0 aliphatic heterocycles. The average molecular weight is 301 g/mol. The van der Waals surface area contributed by atoms with Gasteiger partial charge in [0.25, 0.3) is 0 Å². The quantitative estimate of drug-likeness (QED) is 0.518.